The fraction of sp³-hybridized carbons (Fsp3) is 0.500. The van der Waals surface area contributed by atoms with Gasteiger partial charge in [-0.3, -0.25) is 4.79 Å². The number of amides is 2. The SMILES string of the molecule is CC[C@H]1[C@H](C)[C@@H](Nc2ccc(C#N)cc2)c2cc(N3CCN(C(=O)OC(C)(C)C)CC3)ccc2N1C(C)=O. The van der Waals surface area contributed by atoms with Gasteiger partial charge in [-0.05, 0) is 69.7 Å². The third-order valence-electron chi connectivity index (χ3n) is 7.46. The van der Waals surface area contributed by atoms with Crippen LogP contribution in [0.2, 0.25) is 0 Å². The molecule has 0 unspecified atom stereocenters. The number of anilines is 3. The van der Waals surface area contributed by atoms with Crippen molar-refractivity contribution in [3.63, 3.8) is 0 Å². The lowest BCUT2D eigenvalue weighted by Gasteiger charge is -2.46. The molecule has 2 aromatic carbocycles. The summed E-state index contributed by atoms with van der Waals surface area (Å²) in [7, 11) is 0. The monoisotopic (exact) mass is 517 g/mol. The van der Waals surface area contributed by atoms with Crippen LogP contribution < -0.4 is 15.1 Å². The first-order chi connectivity index (χ1) is 18.0. The van der Waals surface area contributed by atoms with Crippen molar-refractivity contribution in [3.8, 4) is 6.07 Å². The minimum Gasteiger partial charge on any atom is -0.444 e. The predicted octanol–water partition coefficient (Wildman–Crippen LogP) is 5.55. The lowest BCUT2D eigenvalue weighted by Crippen LogP contribution is -2.51. The van der Waals surface area contributed by atoms with E-state index in [1.165, 1.54) is 0 Å². The summed E-state index contributed by atoms with van der Waals surface area (Å²) in [6.45, 7) is 14.2. The second-order valence-corrected chi connectivity index (χ2v) is 11.2. The fourth-order valence-corrected chi connectivity index (χ4v) is 5.59. The van der Waals surface area contributed by atoms with Gasteiger partial charge < -0.3 is 24.8 Å². The quantitative estimate of drug-likeness (QED) is 0.572. The summed E-state index contributed by atoms with van der Waals surface area (Å²) >= 11 is 0. The van der Waals surface area contributed by atoms with Gasteiger partial charge >= 0.3 is 6.09 Å². The summed E-state index contributed by atoms with van der Waals surface area (Å²) in [6.07, 6.45) is 0.575. The first-order valence-electron chi connectivity index (χ1n) is 13.5. The molecule has 38 heavy (non-hydrogen) atoms. The van der Waals surface area contributed by atoms with Gasteiger partial charge in [0.1, 0.15) is 5.60 Å². The summed E-state index contributed by atoms with van der Waals surface area (Å²) in [5, 5.41) is 12.9. The molecule has 0 aromatic heterocycles. The zero-order valence-corrected chi connectivity index (χ0v) is 23.3. The van der Waals surface area contributed by atoms with Crippen molar-refractivity contribution in [1.29, 1.82) is 5.26 Å². The number of ether oxygens (including phenoxy) is 1. The Labute approximate surface area is 226 Å². The molecule has 8 heteroatoms. The van der Waals surface area contributed by atoms with E-state index in [-0.39, 0.29) is 30.0 Å². The Balaban J connectivity index is 1.62. The summed E-state index contributed by atoms with van der Waals surface area (Å²) in [5.74, 6) is 0.201. The number of carbonyl (C=O) groups excluding carboxylic acids is 2. The second-order valence-electron chi connectivity index (χ2n) is 11.2. The minimum absolute atomic E-state index is 0.0125. The van der Waals surface area contributed by atoms with Crippen molar-refractivity contribution in [2.45, 2.75) is 65.6 Å². The first kappa shape index (κ1) is 27.3. The molecule has 0 saturated carbocycles. The molecule has 202 valence electrons. The normalized spacial score (nSPS) is 21.4. The van der Waals surface area contributed by atoms with Crippen LogP contribution in [0, 0.1) is 17.2 Å². The van der Waals surface area contributed by atoms with Gasteiger partial charge in [-0.25, -0.2) is 4.79 Å². The second kappa shape index (κ2) is 10.9. The van der Waals surface area contributed by atoms with Gasteiger partial charge in [0.15, 0.2) is 0 Å². The van der Waals surface area contributed by atoms with Crippen molar-refractivity contribution in [2.75, 3.05) is 41.3 Å². The zero-order chi connectivity index (χ0) is 27.6. The molecule has 0 spiro atoms. The Morgan fingerprint density at radius 3 is 2.29 bits per heavy atom. The molecule has 2 amide bonds. The molecule has 2 heterocycles. The van der Waals surface area contributed by atoms with E-state index in [1.54, 1.807) is 11.8 Å². The van der Waals surface area contributed by atoms with Crippen LogP contribution in [0.3, 0.4) is 0 Å². The first-order valence-corrected chi connectivity index (χ1v) is 13.5. The molecule has 2 aromatic rings. The Hall–Kier alpha value is -3.73. The zero-order valence-electron chi connectivity index (χ0n) is 23.3. The maximum absolute atomic E-state index is 12.8. The number of piperazine rings is 1. The number of carbonyl (C=O) groups is 2. The van der Waals surface area contributed by atoms with E-state index in [2.05, 4.69) is 48.3 Å². The molecule has 8 nitrogen and oxygen atoms in total. The van der Waals surface area contributed by atoms with Gasteiger partial charge in [-0.2, -0.15) is 5.26 Å². The molecule has 0 bridgehead atoms. The minimum atomic E-state index is -0.515. The van der Waals surface area contributed by atoms with Crippen LogP contribution in [0.4, 0.5) is 21.9 Å². The summed E-state index contributed by atoms with van der Waals surface area (Å²) < 4.78 is 5.55. The largest absolute Gasteiger partial charge is 0.444 e. The molecule has 1 fully saturated rings. The summed E-state index contributed by atoms with van der Waals surface area (Å²) in [4.78, 5) is 31.3. The van der Waals surface area contributed by atoms with E-state index >= 15 is 0 Å². The van der Waals surface area contributed by atoms with Gasteiger partial charge in [0, 0.05) is 67.7 Å². The van der Waals surface area contributed by atoms with Crippen LogP contribution in [-0.4, -0.2) is 54.7 Å². The Bertz CT molecular complexity index is 1210. The number of fused-ring (bicyclic) bond motifs is 1. The summed E-state index contributed by atoms with van der Waals surface area (Å²) in [5.41, 5.74) is 4.13. The molecule has 4 rings (SSSR count). The third-order valence-corrected chi connectivity index (χ3v) is 7.46. The van der Waals surface area contributed by atoms with Crippen molar-refractivity contribution in [2.24, 2.45) is 5.92 Å². The highest BCUT2D eigenvalue weighted by molar-refractivity contribution is 5.94. The van der Waals surface area contributed by atoms with Gasteiger partial charge in [0.25, 0.3) is 0 Å². The molecule has 3 atom stereocenters. The smallest absolute Gasteiger partial charge is 0.410 e. The van der Waals surface area contributed by atoms with Gasteiger partial charge in [0.2, 0.25) is 5.91 Å². The van der Waals surface area contributed by atoms with Crippen LogP contribution in [0.1, 0.15) is 65.1 Å². The number of rotatable bonds is 4. The van der Waals surface area contributed by atoms with Crippen molar-refractivity contribution in [3.05, 3.63) is 53.6 Å². The van der Waals surface area contributed by atoms with E-state index in [1.807, 2.05) is 49.9 Å². The van der Waals surface area contributed by atoms with E-state index in [0.717, 1.165) is 29.0 Å². The molecule has 2 aliphatic rings. The van der Waals surface area contributed by atoms with E-state index in [9.17, 15) is 14.9 Å². The number of hydrogen-bond donors (Lipinski definition) is 1. The van der Waals surface area contributed by atoms with Crippen molar-refractivity contribution >= 4 is 29.1 Å². The number of nitrogens with one attached hydrogen (secondary N) is 1. The van der Waals surface area contributed by atoms with Gasteiger partial charge in [0.05, 0.1) is 17.7 Å². The predicted molar refractivity (Wildman–Crippen MR) is 150 cm³/mol. The third kappa shape index (κ3) is 5.72. The number of benzene rings is 2. The standard InChI is InChI=1S/C30H39N5O3/c1-7-26-20(2)28(32-23-10-8-22(19-31)9-11-23)25-18-24(12-13-27(25)35(26)21(3)36)33-14-16-34(17-15-33)29(37)38-30(4,5)6/h8-13,18,20,26,28,32H,7,14-17H2,1-6H3/t20-,26-,28+/m0/s1. The van der Waals surface area contributed by atoms with Crippen molar-refractivity contribution in [1.82, 2.24) is 4.90 Å². The molecule has 1 N–H and O–H groups in total. The molecule has 1 saturated heterocycles. The van der Waals surface area contributed by atoms with Crippen molar-refractivity contribution < 1.29 is 14.3 Å². The molecule has 0 radical (unpaired) electrons. The highest BCUT2D eigenvalue weighted by Gasteiger charge is 2.40. The highest BCUT2D eigenvalue weighted by atomic mass is 16.6. The van der Waals surface area contributed by atoms with E-state index in [0.29, 0.717) is 31.7 Å². The molecular weight excluding hydrogens is 478 g/mol. The lowest BCUT2D eigenvalue weighted by atomic mass is 9.80. The van der Waals surface area contributed by atoms with Crippen LogP contribution in [0.5, 0.6) is 0 Å². The Morgan fingerprint density at radius 1 is 1.08 bits per heavy atom. The fourth-order valence-electron chi connectivity index (χ4n) is 5.59. The maximum Gasteiger partial charge on any atom is 0.410 e. The average Bonchev–Trinajstić information content (AvgIpc) is 2.89. The van der Waals surface area contributed by atoms with Gasteiger partial charge in [-0.1, -0.05) is 13.8 Å². The average molecular weight is 518 g/mol. The van der Waals surface area contributed by atoms with Crippen LogP contribution >= 0.6 is 0 Å². The molecular formula is C30H39N5O3. The number of hydrogen-bond acceptors (Lipinski definition) is 6. The van der Waals surface area contributed by atoms with Crippen LogP contribution in [0.25, 0.3) is 0 Å². The lowest BCUT2D eigenvalue weighted by molar-refractivity contribution is -0.117. The van der Waals surface area contributed by atoms with Gasteiger partial charge in [-0.15, -0.1) is 0 Å². The number of nitriles is 1. The highest BCUT2D eigenvalue weighted by Crippen LogP contribution is 2.45. The molecule has 2 aliphatic heterocycles. The maximum atomic E-state index is 12.8. The Kier molecular flexibility index (Phi) is 7.86. The van der Waals surface area contributed by atoms with Crippen LogP contribution in [0.15, 0.2) is 42.5 Å². The van der Waals surface area contributed by atoms with E-state index in [4.69, 9.17) is 4.74 Å². The summed E-state index contributed by atoms with van der Waals surface area (Å²) in [6, 6.07) is 16.1. The molecule has 0 aliphatic carbocycles. The topological polar surface area (TPSA) is 88.9 Å². The Morgan fingerprint density at radius 2 is 1.74 bits per heavy atom. The van der Waals surface area contributed by atoms with Crippen LogP contribution in [-0.2, 0) is 9.53 Å². The van der Waals surface area contributed by atoms with E-state index < -0.39 is 5.60 Å². The number of nitrogens with zero attached hydrogens (tertiary/aromatic N) is 4.